The number of benzene rings is 2. The lowest BCUT2D eigenvalue weighted by atomic mass is 10.00. The van der Waals surface area contributed by atoms with Crippen LogP contribution in [-0.2, 0) is 14.6 Å². The molecule has 132 valence electrons. The van der Waals surface area contributed by atoms with Crippen LogP contribution in [0.25, 0.3) is 0 Å². The molecule has 2 aromatic rings. The number of sulfone groups is 1. The Labute approximate surface area is 151 Å². The first kappa shape index (κ1) is 18.0. The van der Waals surface area contributed by atoms with Crippen LogP contribution in [0.3, 0.4) is 0 Å². The Morgan fingerprint density at radius 2 is 1.92 bits per heavy atom. The number of halogens is 1. The molecule has 1 aliphatic rings. The van der Waals surface area contributed by atoms with Gasteiger partial charge < -0.3 is 10.5 Å². The molecule has 25 heavy (non-hydrogen) atoms. The predicted molar refractivity (Wildman–Crippen MR) is 97.7 cm³/mol. The smallest absolute Gasteiger partial charge is 0.182 e. The fourth-order valence-electron chi connectivity index (χ4n) is 3.57. The van der Waals surface area contributed by atoms with Crippen LogP contribution in [0.15, 0.2) is 59.5 Å². The van der Waals surface area contributed by atoms with Crippen LogP contribution in [0.2, 0.25) is 0 Å². The molecule has 1 fully saturated rings. The normalized spacial score (nSPS) is 25.5. The summed E-state index contributed by atoms with van der Waals surface area (Å²) in [6, 6.07) is 14.0. The number of thiocarbonyl (C=S) groups is 1. The Balaban J connectivity index is 2.14. The molecule has 3 atom stereocenters. The lowest BCUT2D eigenvalue weighted by molar-refractivity contribution is 0.166. The maximum Gasteiger partial charge on any atom is 0.182 e. The van der Waals surface area contributed by atoms with Crippen molar-refractivity contribution in [3.8, 4) is 0 Å². The number of nitrogens with two attached hydrogens (primary N) is 1. The van der Waals surface area contributed by atoms with Gasteiger partial charge in [0.05, 0.1) is 27.2 Å². The molecule has 2 N–H and O–H groups in total. The van der Waals surface area contributed by atoms with Gasteiger partial charge in [-0.1, -0.05) is 42.5 Å². The van der Waals surface area contributed by atoms with Crippen LogP contribution in [0.4, 0.5) is 4.39 Å². The molecule has 4 nitrogen and oxygen atoms in total. The molecule has 3 rings (SSSR count). The van der Waals surface area contributed by atoms with Gasteiger partial charge in [0, 0.05) is 13.0 Å². The highest BCUT2D eigenvalue weighted by Gasteiger charge is 2.73. The summed E-state index contributed by atoms with van der Waals surface area (Å²) < 4.78 is 45.3. The number of rotatable bonds is 6. The molecule has 0 amide bonds. The van der Waals surface area contributed by atoms with Crippen molar-refractivity contribution in [2.45, 2.75) is 16.1 Å². The molecule has 1 saturated carbocycles. The molecule has 0 bridgehead atoms. The van der Waals surface area contributed by atoms with Crippen molar-refractivity contribution in [1.82, 2.24) is 0 Å². The highest BCUT2D eigenvalue weighted by atomic mass is 32.2. The summed E-state index contributed by atoms with van der Waals surface area (Å²) in [5, 5.41) is -0.887. The summed E-state index contributed by atoms with van der Waals surface area (Å²) in [6.45, 7) is 0.0558. The zero-order valence-electron chi connectivity index (χ0n) is 13.6. The molecule has 1 aliphatic carbocycles. The lowest BCUT2D eigenvalue weighted by Crippen LogP contribution is -2.33. The van der Waals surface area contributed by atoms with E-state index in [0.29, 0.717) is 5.56 Å². The molecule has 0 heterocycles. The molecule has 0 saturated heterocycles. The van der Waals surface area contributed by atoms with Crippen molar-refractivity contribution in [2.75, 3.05) is 13.7 Å². The van der Waals surface area contributed by atoms with Gasteiger partial charge in [0.15, 0.2) is 9.84 Å². The molecule has 3 unspecified atom stereocenters. The predicted octanol–water partition coefficient (Wildman–Crippen LogP) is 2.68. The minimum absolute atomic E-state index is 0.0558. The lowest BCUT2D eigenvalue weighted by Gasteiger charge is -2.16. The van der Waals surface area contributed by atoms with E-state index in [1.54, 1.807) is 30.3 Å². The van der Waals surface area contributed by atoms with Crippen LogP contribution >= 0.6 is 12.2 Å². The van der Waals surface area contributed by atoms with E-state index in [-0.39, 0.29) is 16.5 Å². The molecule has 0 spiro atoms. The van der Waals surface area contributed by atoms with E-state index < -0.39 is 32.2 Å². The van der Waals surface area contributed by atoms with Crippen LogP contribution in [0, 0.1) is 11.2 Å². The van der Waals surface area contributed by atoms with Crippen LogP contribution in [0.5, 0.6) is 0 Å². The van der Waals surface area contributed by atoms with E-state index in [9.17, 15) is 12.8 Å². The highest BCUT2D eigenvalue weighted by Crippen LogP contribution is 2.64. The maximum absolute atomic E-state index is 13.7. The van der Waals surface area contributed by atoms with E-state index >= 15 is 0 Å². The molecule has 0 aromatic heterocycles. The van der Waals surface area contributed by atoms with E-state index in [4.69, 9.17) is 22.7 Å². The number of hydrogen-bond donors (Lipinski definition) is 1. The second-order valence-electron chi connectivity index (χ2n) is 6.15. The van der Waals surface area contributed by atoms with Crippen molar-refractivity contribution in [3.05, 3.63) is 66.0 Å². The summed E-state index contributed by atoms with van der Waals surface area (Å²) in [6.07, 6.45) is 0. The average Bonchev–Trinajstić information content (AvgIpc) is 3.27. The van der Waals surface area contributed by atoms with Gasteiger partial charge in [-0.15, -0.1) is 0 Å². The Kier molecular flexibility index (Phi) is 4.66. The van der Waals surface area contributed by atoms with E-state index in [0.717, 1.165) is 0 Å². The number of methoxy groups -OCH3 is 1. The first-order valence-electron chi connectivity index (χ1n) is 7.69. The van der Waals surface area contributed by atoms with E-state index in [2.05, 4.69) is 0 Å². The maximum atomic E-state index is 13.7. The average molecular weight is 379 g/mol. The minimum atomic E-state index is -3.72. The number of ether oxygens (including phenoxy) is 1. The Morgan fingerprint density at radius 3 is 2.48 bits per heavy atom. The van der Waals surface area contributed by atoms with Crippen molar-refractivity contribution < 1.29 is 17.5 Å². The fourth-order valence-corrected chi connectivity index (χ4v) is 6.36. The summed E-state index contributed by atoms with van der Waals surface area (Å²) in [4.78, 5) is 0.253. The summed E-state index contributed by atoms with van der Waals surface area (Å²) in [7, 11) is -2.26. The zero-order valence-corrected chi connectivity index (χ0v) is 15.2. The number of hydrogen-bond acceptors (Lipinski definition) is 4. The third-order valence-electron chi connectivity index (χ3n) is 4.71. The highest BCUT2D eigenvalue weighted by molar-refractivity contribution is 7.92. The summed E-state index contributed by atoms with van der Waals surface area (Å²) >= 11 is 5.21. The third-order valence-corrected chi connectivity index (χ3v) is 7.38. The van der Waals surface area contributed by atoms with Gasteiger partial charge in [-0.3, -0.25) is 0 Å². The Morgan fingerprint density at radius 1 is 1.24 bits per heavy atom. The molecule has 7 heteroatoms. The topological polar surface area (TPSA) is 69.4 Å². The Bertz CT molecular complexity index is 902. The molecule has 0 aliphatic heterocycles. The van der Waals surface area contributed by atoms with Crippen molar-refractivity contribution >= 4 is 27.0 Å². The SMILES string of the molecule is COCC1(C(N)=S)C(c2cccc(F)c2)C1S(=O)(=O)c1ccccc1. The minimum Gasteiger partial charge on any atom is -0.393 e. The van der Waals surface area contributed by atoms with Gasteiger partial charge in [0.25, 0.3) is 0 Å². The first-order valence-corrected chi connectivity index (χ1v) is 9.64. The van der Waals surface area contributed by atoms with Crippen molar-refractivity contribution in [1.29, 1.82) is 0 Å². The fraction of sp³-hybridized carbons (Fsp3) is 0.278. The van der Waals surface area contributed by atoms with Gasteiger partial charge in [0.1, 0.15) is 5.82 Å². The van der Waals surface area contributed by atoms with Gasteiger partial charge in [-0.25, -0.2) is 12.8 Å². The largest absolute Gasteiger partial charge is 0.393 e. The zero-order chi connectivity index (χ0) is 18.2. The van der Waals surface area contributed by atoms with Crippen LogP contribution < -0.4 is 5.73 Å². The summed E-state index contributed by atoms with van der Waals surface area (Å²) in [5.74, 6) is -0.986. The molecule has 0 radical (unpaired) electrons. The van der Waals surface area contributed by atoms with E-state index in [1.807, 2.05) is 0 Å². The third kappa shape index (κ3) is 2.86. The first-order chi connectivity index (χ1) is 11.9. The van der Waals surface area contributed by atoms with E-state index in [1.165, 1.54) is 31.4 Å². The molecular formula is C18H18FNO3S2. The molecule has 2 aromatic carbocycles. The Hall–Kier alpha value is -1.83. The van der Waals surface area contributed by atoms with Gasteiger partial charge in [0.2, 0.25) is 0 Å². The van der Waals surface area contributed by atoms with Crippen molar-refractivity contribution in [3.63, 3.8) is 0 Å². The second-order valence-corrected chi connectivity index (χ2v) is 8.66. The van der Waals surface area contributed by atoms with Gasteiger partial charge >= 0.3 is 0 Å². The van der Waals surface area contributed by atoms with Crippen molar-refractivity contribution in [2.24, 2.45) is 11.1 Å². The van der Waals surface area contributed by atoms with Crippen LogP contribution in [-0.4, -0.2) is 32.4 Å². The second kappa shape index (κ2) is 6.48. The van der Waals surface area contributed by atoms with Crippen LogP contribution in [0.1, 0.15) is 11.5 Å². The van der Waals surface area contributed by atoms with Gasteiger partial charge in [-0.05, 0) is 29.8 Å². The quantitative estimate of drug-likeness (QED) is 0.782. The molecular weight excluding hydrogens is 361 g/mol. The van der Waals surface area contributed by atoms with Gasteiger partial charge in [-0.2, -0.15) is 0 Å². The standard InChI is InChI=1S/C18H18FNO3S2/c1-23-11-18(17(20)24)15(12-6-5-7-13(19)10-12)16(18)25(21,22)14-8-3-2-4-9-14/h2-10,15-16H,11H2,1H3,(H2,20,24). The summed E-state index contributed by atoms with van der Waals surface area (Å²) in [5.41, 5.74) is 5.44. The monoisotopic (exact) mass is 379 g/mol.